The third kappa shape index (κ3) is 3.22. The van der Waals surface area contributed by atoms with Gasteiger partial charge >= 0.3 is 0 Å². The fourth-order valence-electron chi connectivity index (χ4n) is 3.97. The van der Waals surface area contributed by atoms with Crippen LogP contribution in [0.4, 0.5) is 0 Å². The quantitative estimate of drug-likeness (QED) is 0.622. The normalized spacial score (nSPS) is 24.9. The molecule has 2 aliphatic carbocycles. The fourth-order valence-corrected chi connectivity index (χ4v) is 3.97. The van der Waals surface area contributed by atoms with Gasteiger partial charge in [0.1, 0.15) is 5.75 Å². The molecule has 3 rings (SSSR count). The highest BCUT2D eigenvalue weighted by atomic mass is 16.5. The van der Waals surface area contributed by atoms with Gasteiger partial charge in [-0.05, 0) is 43.9 Å². The first-order valence-corrected chi connectivity index (χ1v) is 8.93. The van der Waals surface area contributed by atoms with E-state index in [1.807, 2.05) is 25.2 Å². The molecule has 0 saturated heterocycles. The maximum absolute atomic E-state index is 5.92. The molecule has 0 heterocycles. The van der Waals surface area contributed by atoms with Crippen LogP contribution in [-0.4, -0.2) is 38.9 Å². The van der Waals surface area contributed by atoms with E-state index in [-0.39, 0.29) is 0 Å². The van der Waals surface area contributed by atoms with Gasteiger partial charge in [-0.25, -0.2) is 0 Å². The number of rotatable bonds is 6. The summed E-state index contributed by atoms with van der Waals surface area (Å²) in [6.07, 6.45) is 5.35. The van der Waals surface area contributed by atoms with Gasteiger partial charge in [-0.2, -0.15) is 0 Å². The minimum absolute atomic E-state index is 0.337. The van der Waals surface area contributed by atoms with Gasteiger partial charge in [0.25, 0.3) is 0 Å². The van der Waals surface area contributed by atoms with E-state index in [1.165, 1.54) is 24.8 Å². The van der Waals surface area contributed by atoms with Gasteiger partial charge in [0, 0.05) is 31.7 Å². The first-order valence-electron chi connectivity index (χ1n) is 8.93. The van der Waals surface area contributed by atoms with Gasteiger partial charge in [-0.15, -0.1) is 0 Å². The van der Waals surface area contributed by atoms with Crippen molar-refractivity contribution in [3.05, 3.63) is 29.8 Å². The van der Waals surface area contributed by atoms with E-state index in [2.05, 4.69) is 28.6 Å². The lowest BCUT2D eigenvalue weighted by molar-refractivity contribution is -0.168. The Balaban J connectivity index is 1.54. The lowest BCUT2D eigenvalue weighted by Gasteiger charge is -2.61. The van der Waals surface area contributed by atoms with Crippen LogP contribution in [0.5, 0.6) is 5.75 Å². The number of hydrogen-bond acceptors (Lipinski definition) is 3. The molecule has 5 nitrogen and oxygen atoms in total. The smallest absolute Gasteiger partial charge is 0.191 e. The molecular weight excluding hydrogens is 302 g/mol. The van der Waals surface area contributed by atoms with Crippen molar-refractivity contribution >= 4 is 5.96 Å². The molecule has 0 aromatic heterocycles. The van der Waals surface area contributed by atoms with Crippen molar-refractivity contribution in [1.82, 2.24) is 10.6 Å². The van der Waals surface area contributed by atoms with Crippen LogP contribution in [0.25, 0.3) is 0 Å². The van der Waals surface area contributed by atoms with Crippen LogP contribution in [-0.2, 0) is 11.3 Å². The largest absolute Gasteiger partial charge is 0.497 e. The van der Waals surface area contributed by atoms with Crippen LogP contribution in [0.15, 0.2) is 29.3 Å². The Labute approximate surface area is 144 Å². The number of guanidine groups is 1. The molecule has 5 heteroatoms. The van der Waals surface area contributed by atoms with E-state index in [4.69, 9.17) is 9.47 Å². The van der Waals surface area contributed by atoms with E-state index in [9.17, 15) is 0 Å². The van der Waals surface area contributed by atoms with Crippen LogP contribution in [0.2, 0.25) is 0 Å². The Hall–Kier alpha value is -1.75. The van der Waals surface area contributed by atoms with Gasteiger partial charge in [-0.1, -0.05) is 18.6 Å². The third-order valence-electron chi connectivity index (χ3n) is 5.57. The molecule has 2 unspecified atom stereocenters. The number of ether oxygens (including phenoxy) is 2. The van der Waals surface area contributed by atoms with Crippen LogP contribution in [0.3, 0.4) is 0 Å². The number of benzene rings is 1. The third-order valence-corrected chi connectivity index (χ3v) is 5.57. The minimum atomic E-state index is 0.337. The van der Waals surface area contributed by atoms with E-state index in [1.54, 1.807) is 7.11 Å². The van der Waals surface area contributed by atoms with Gasteiger partial charge in [-0.3, -0.25) is 4.99 Å². The molecule has 2 fully saturated rings. The molecular formula is C19H29N3O2. The first-order chi connectivity index (χ1) is 11.7. The topological polar surface area (TPSA) is 54.9 Å². The maximum atomic E-state index is 5.92. The minimum Gasteiger partial charge on any atom is -0.497 e. The van der Waals surface area contributed by atoms with Crippen LogP contribution in [0.1, 0.15) is 38.2 Å². The molecule has 2 N–H and O–H groups in total. The molecule has 0 amide bonds. The van der Waals surface area contributed by atoms with Crippen molar-refractivity contribution in [2.45, 2.75) is 51.3 Å². The predicted octanol–water partition coefficient (Wildman–Crippen LogP) is 2.71. The molecule has 1 aromatic rings. The van der Waals surface area contributed by atoms with Crippen molar-refractivity contribution in [3.63, 3.8) is 0 Å². The summed E-state index contributed by atoms with van der Waals surface area (Å²) < 4.78 is 11.2. The van der Waals surface area contributed by atoms with Crippen molar-refractivity contribution in [3.8, 4) is 5.75 Å². The second-order valence-electron chi connectivity index (χ2n) is 6.74. The molecule has 1 aromatic carbocycles. The summed E-state index contributed by atoms with van der Waals surface area (Å²) in [6, 6.07) is 8.57. The predicted molar refractivity (Wildman–Crippen MR) is 96.4 cm³/mol. The summed E-state index contributed by atoms with van der Waals surface area (Å²) >= 11 is 0. The second-order valence-corrected chi connectivity index (χ2v) is 6.74. The highest BCUT2D eigenvalue weighted by Crippen LogP contribution is 2.57. The maximum Gasteiger partial charge on any atom is 0.191 e. The zero-order valence-corrected chi connectivity index (χ0v) is 15.0. The summed E-state index contributed by atoms with van der Waals surface area (Å²) in [6.45, 7) is 3.62. The Kier molecular flexibility index (Phi) is 5.29. The summed E-state index contributed by atoms with van der Waals surface area (Å²) in [4.78, 5) is 4.38. The molecule has 2 atom stereocenters. The van der Waals surface area contributed by atoms with Crippen LogP contribution < -0.4 is 15.4 Å². The Morgan fingerprint density at radius 1 is 1.38 bits per heavy atom. The number of nitrogens with zero attached hydrogens (tertiary/aromatic N) is 1. The van der Waals surface area contributed by atoms with E-state index in [0.717, 1.165) is 31.3 Å². The lowest BCUT2D eigenvalue weighted by Crippen LogP contribution is -2.68. The van der Waals surface area contributed by atoms with Crippen molar-refractivity contribution in [1.29, 1.82) is 0 Å². The Bertz CT molecular complexity index is 584. The molecule has 24 heavy (non-hydrogen) atoms. The standard InChI is InChI=1S/C19H29N3O2/c1-4-24-17-12-16(19(17)9-6-10-19)22-18(20-2)21-13-14-7-5-8-15(11-14)23-3/h5,7-8,11,16-17H,4,6,9-10,12-13H2,1-3H3,(H2,20,21,22). The van der Waals surface area contributed by atoms with Gasteiger partial charge in [0.05, 0.1) is 13.2 Å². The molecule has 2 aliphatic rings. The van der Waals surface area contributed by atoms with Gasteiger partial charge in [0.15, 0.2) is 5.96 Å². The molecule has 0 radical (unpaired) electrons. The van der Waals surface area contributed by atoms with Gasteiger partial charge in [0.2, 0.25) is 0 Å². The number of aliphatic imine (C=N–C) groups is 1. The zero-order chi connectivity index (χ0) is 17.0. The SMILES string of the molecule is CCOC1CC(NC(=NC)NCc2cccc(OC)c2)C12CCC2. The van der Waals surface area contributed by atoms with Crippen molar-refractivity contribution < 1.29 is 9.47 Å². The number of hydrogen-bond donors (Lipinski definition) is 2. The molecule has 1 spiro atoms. The molecule has 0 aliphatic heterocycles. The highest BCUT2D eigenvalue weighted by molar-refractivity contribution is 5.80. The Morgan fingerprint density at radius 3 is 2.83 bits per heavy atom. The second kappa shape index (κ2) is 7.43. The Morgan fingerprint density at radius 2 is 2.21 bits per heavy atom. The lowest BCUT2D eigenvalue weighted by atomic mass is 9.51. The number of methoxy groups -OCH3 is 1. The summed E-state index contributed by atoms with van der Waals surface area (Å²) in [5.41, 5.74) is 1.51. The van der Waals surface area contributed by atoms with Crippen molar-refractivity contribution in [2.75, 3.05) is 20.8 Å². The summed E-state index contributed by atoms with van der Waals surface area (Å²) in [5, 5.41) is 7.02. The monoisotopic (exact) mass is 331 g/mol. The highest BCUT2D eigenvalue weighted by Gasteiger charge is 2.59. The van der Waals surface area contributed by atoms with Gasteiger partial charge < -0.3 is 20.1 Å². The average Bonchev–Trinajstić information content (AvgIpc) is 2.55. The zero-order valence-electron chi connectivity index (χ0n) is 15.0. The fraction of sp³-hybridized carbons (Fsp3) is 0.632. The van der Waals surface area contributed by atoms with E-state index >= 15 is 0 Å². The van der Waals surface area contributed by atoms with Crippen molar-refractivity contribution in [2.24, 2.45) is 10.4 Å². The summed E-state index contributed by atoms with van der Waals surface area (Å²) in [5.74, 6) is 1.74. The summed E-state index contributed by atoms with van der Waals surface area (Å²) in [7, 11) is 3.52. The average molecular weight is 331 g/mol. The number of nitrogens with one attached hydrogen (secondary N) is 2. The molecule has 2 saturated carbocycles. The van der Waals surface area contributed by atoms with E-state index < -0.39 is 0 Å². The van der Waals surface area contributed by atoms with E-state index in [0.29, 0.717) is 17.6 Å². The van der Waals surface area contributed by atoms with Crippen LogP contribution >= 0.6 is 0 Å². The van der Waals surface area contributed by atoms with Crippen LogP contribution in [0, 0.1) is 5.41 Å². The first kappa shape index (κ1) is 17.1. The molecule has 0 bridgehead atoms. The molecule has 132 valence electrons.